The minimum Gasteiger partial charge on any atom is -0.469 e. The summed E-state index contributed by atoms with van der Waals surface area (Å²) in [6, 6.07) is 0.0678. The molecule has 0 atom stereocenters. The summed E-state index contributed by atoms with van der Waals surface area (Å²) in [5, 5.41) is 20.0. The molecule has 1 heterocycles. The normalized spacial score (nSPS) is 15.1. The highest BCUT2D eigenvalue weighted by Gasteiger charge is 2.31. The molecule has 0 bridgehead atoms. The predicted octanol–water partition coefficient (Wildman–Crippen LogP) is 1.02. The van der Waals surface area contributed by atoms with E-state index < -0.39 is 16.5 Å². The van der Waals surface area contributed by atoms with Gasteiger partial charge < -0.3 is 14.8 Å². The minimum atomic E-state index is -0.671. The Morgan fingerprint density at radius 1 is 1.48 bits per heavy atom. The Morgan fingerprint density at radius 3 is 2.81 bits per heavy atom. The number of hydrogen-bond acceptors (Lipinski definition) is 6. The van der Waals surface area contributed by atoms with Crippen LogP contribution in [0.5, 0.6) is 5.88 Å². The van der Waals surface area contributed by atoms with Crippen LogP contribution in [0.4, 0.5) is 5.69 Å². The first-order valence-corrected chi connectivity index (χ1v) is 6.78. The van der Waals surface area contributed by atoms with E-state index in [0.29, 0.717) is 0 Å². The van der Waals surface area contributed by atoms with Gasteiger partial charge in [-0.1, -0.05) is 12.8 Å². The standard InChI is InChI=1S/C12H18N4O5/c1-20-6-7-21-12-10(16(18)19)9(14-15-12)11(17)13-8-4-2-3-5-8/h8H,2-7H2,1H3,(H,13,17)(H,14,15). The number of ether oxygens (including phenoxy) is 2. The van der Waals surface area contributed by atoms with Gasteiger partial charge in [0, 0.05) is 13.2 Å². The molecule has 0 spiro atoms. The molecule has 21 heavy (non-hydrogen) atoms. The summed E-state index contributed by atoms with van der Waals surface area (Å²) < 4.78 is 9.95. The van der Waals surface area contributed by atoms with Gasteiger partial charge in [0.1, 0.15) is 6.61 Å². The van der Waals surface area contributed by atoms with E-state index in [2.05, 4.69) is 15.5 Å². The van der Waals surface area contributed by atoms with Gasteiger partial charge in [0.15, 0.2) is 0 Å². The zero-order chi connectivity index (χ0) is 15.2. The number of nitrogens with one attached hydrogen (secondary N) is 2. The minimum absolute atomic E-state index is 0.0678. The lowest BCUT2D eigenvalue weighted by atomic mass is 10.2. The number of carbonyl (C=O) groups excluding carboxylic acids is 1. The van der Waals surface area contributed by atoms with Crippen molar-refractivity contribution < 1.29 is 19.2 Å². The highest BCUT2D eigenvalue weighted by atomic mass is 16.6. The Hall–Kier alpha value is -2.16. The number of methoxy groups -OCH3 is 1. The summed E-state index contributed by atoms with van der Waals surface area (Å²) >= 11 is 0. The first-order chi connectivity index (χ1) is 10.1. The Labute approximate surface area is 121 Å². The number of carbonyl (C=O) groups is 1. The van der Waals surface area contributed by atoms with Gasteiger partial charge in [0.05, 0.1) is 11.5 Å². The number of nitrogens with zero attached hydrogens (tertiary/aromatic N) is 2. The van der Waals surface area contributed by atoms with Crippen molar-refractivity contribution in [2.75, 3.05) is 20.3 Å². The van der Waals surface area contributed by atoms with Gasteiger partial charge in [-0.3, -0.25) is 20.0 Å². The van der Waals surface area contributed by atoms with E-state index in [4.69, 9.17) is 9.47 Å². The molecular weight excluding hydrogens is 280 g/mol. The van der Waals surface area contributed by atoms with Crippen molar-refractivity contribution in [3.05, 3.63) is 15.8 Å². The molecule has 0 saturated heterocycles. The molecule has 9 nitrogen and oxygen atoms in total. The Morgan fingerprint density at radius 2 is 2.19 bits per heavy atom. The van der Waals surface area contributed by atoms with Crippen LogP contribution in [0.25, 0.3) is 0 Å². The number of rotatable bonds is 7. The van der Waals surface area contributed by atoms with Gasteiger partial charge >= 0.3 is 11.6 Å². The second kappa shape index (κ2) is 7.02. The van der Waals surface area contributed by atoms with Crippen molar-refractivity contribution in [1.29, 1.82) is 0 Å². The first-order valence-electron chi connectivity index (χ1n) is 6.78. The van der Waals surface area contributed by atoms with Crippen LogP contribution in [-0.2, 0) is 4.74 Å². The molecule has 2 N–H and O–H groups in total. The second-order valence-electron chi connectivity index (χ2n) is 4.81. The molecular formula is C12H18N4O5. The molecule has 2 rings (SSSR count). The van der Waals surface area contributed by atoms with Crippen molar-refractivity contribution >= 4 is 11.6 Å². The van der Waals surface area contributed by atoms with Crippen LogP contribution < -0.4 is 10.1 Å². The van der Waals surface area contributed by atoms with Crippen molar-refractivity contribution in [1.82, 2.24) is 15.5 Å². The number of nitro groups is 1. The molecule has 1 aromatic rings. The molecule has 9 heteroatoms. The van der Waals surface area contributed by atoms with Crippen LogP contribution >= 0.6 is 0 Å². The lowest BCUT2D eigenvalue weighted by Crippen LogP contribution is -2.33. The van der Waals surface area contributed by atoms with E-state index in [-0.39, 0.29) is 30.8 Å². The van der Waals surface area contributed by atoms with Crippen LogP contribution in [0.15, 0.2) is 0 Å². The Bertz CT molecular complexity index is 510. The topological polar surface area (TPSA) is 119 Å². The first kappa shape index (κ1) is 15.2. The zero-order valence-electron chi connectivity index (χ0n) is 11.8. The van der Waals surface area contributed by atoms with Gasteiger partial charge in [-0.25, -0.2) is 0 Å². The summed E-state index contributed by atoms with van der Waals surface area (Å²) in [6.45, 7) is 0.388. The van der Waals surface area contributed by atoms with E-state index in [1.54, 1.807) is 0 Å². The lowest BCUT2D eigenvalue weighted by molar-refractivity contribution is -0.386. The molecule has 1 aliphatic rings. The quantitative estimate of drug-likeness (QED) is 0.440. The fourth-order valence-corrected chi connectivity index (χ4v) is 2.30. The highest BCUT2D eigenvalue weighted by Crippen LogP contribution is 2.28. The zero-order valence-corrected chi connectivity index (χ0v) is 11.8. The van der Waals surface area contributed by atoms with E-state index in [9.17, 15) is 14.9 Å². The third kappa shape index (κ3) is 3.69. The number of aromatic nitrogens is 2. The monoisotopic (exact) mass is 298 g/mol. The largest absolute Gasteiger partial charge is 0.469 e. The maximum atomic E-state index is 12.1. The van der Waals surface area contributed by atoms with Crippen LogP contribution in [0.2, 0.25) is 0 Å². The smallest absolute Gasteiger partial charge is 0.362 e. The van der Waals surface area contributed by atoms with E-state index in [1.807, 2.05) is 0 Å². The molecule has 0 aromatic carbocycles. The molecule has 1 aromatic heterocycles. The Kier molecular flexibility index (Phi) is 5.09. The summed E-state index contributed by atoms with van der Waals surface area (Å²) in [6.07, 6.45) is 3.90. The van der Waals surface area contributed by atoms with Crippen LogP contribution in [0.1, 0.15) is 36.2 Å². The number of H-pyrrole nitrogens is 1. The Balaban J connectivity index is 2.10. The van der Waals surface area contributed by atoms with E-state index in [0.717, 1.165) is 25.7 Å². The predicted molar refractivity (Wildman–Crippen MR) is 72.3 cm³/mol. The number of amides is 1. The van der Waals surface area contributed by atoms with Crippen molar-refractivity contribution in [2.24, 2.45) is 0 Å². The fourth-order valence-electron chi connectivity index (χ4n) is 2.30. The van der Waals surface area contributed by atoms with E-state index in [1.165, 1.54) is 7.11 Å². The SMILES string of the molecule is COCCOc1n[nH]c(C(=O)NC2CCCC2)c1[N+](=O)[O-]. The fraction of sp³-hybridized carbons (Fsp3) is 0.667. The van der Waals surface area contributed by atoms with Crippen LogP contribution in [-0.4, -0.2) is 47.4 Å². The van der Waals surface area contributed by atoms with Gasteiger partial charge in [-0.15, -0.1) is 5.10 Å². The average molecular weight is 298 g/mol. The van der Waals surface area contributed by atoms with E-state index >= 15 is 0 Å². The maximum absolute atomic E-state index is 12.1. The maximum Gasteiger partial charge on any atom is 0.362 e. The van der Waals surface area contributed by atoms with Gasteiger partial charge in [0.2, 0.25) is 5.69 Å². The summed E-state index contributed by atoms with van der Waals surface area (Å²) in [7, 11) is 1.49. The van der Waals surface area contributed by atoms with Gasteiger partial charge in [0.25, 0.3) is 5.91 Å². The van der Waals surface area contributed by atoms with Crippen molar-refractivity contribution in [2.45, 2.75) is 31.7 Å². The van der Waals surface area contributed by atoms with Gasteiger partial charge in [-0.05, 0) is 12.8 Å². The molecule has 116 valence electrons. The molecule has 0 aliphatic heterocycles. The molecule has 1 amide bonds. The molecule has 1 fully saturated rings. The summed E-state index contributed by atoms with van der Waals surface area (Å²) in [5.74, 6) is -0.726. The molecule has 1 aliphatic carbocycles. The highest BCUT2D eigenvalue weighted by molar-refractivity contribution is 5.97. The van der Waals surface area contributed by atoms with Crippen LogP contribution in [0.3, 0.4) is 0 Å². The third-order valence-electron chi connectivity index (χ3n) is 3.33. The van der Waals surface area contributed by atoms with Crippen molar-refractivity contribution in [3.8, 4) is 5.88 Å². The van der Waals surface area contributed by atoms with Crippen LogP contribution in [0, 0.1) is 10.1 Å². The van der Waals surface area contributed by atoms with Gasteiger partial charge in [-0.2, -0.15) is 0 Å². The molecule has 0 radical (unpaired) electrons. The summed E-state index contributed by atoms with van der Waals surface area (Å²) in [4.78, 5) is 22.6. The average Bonchev–Trinajstić information content (AvgIpc) is 3.08. The molecule has 1 saturated carbocycles. The second-order valence-corrected chi connectivity index (χ2v) is 4.81. The third-order valence-corrected chi connectivity index (χ3v) is 3.33. The number of aromatic amines is 1. The van der Waals surface area contributed by atoms with Crippen molar-refractivity contribution in [3.63, 3.8) is 0 Å². The number of hydrogen-bond donors (Lipinski definition) is 2. The summed E-state index contributed by atoms with van der Waals surface area (Å²) in [5.41, 5.74) is -0.624. The molecule has 0 unspecified atom stereocenters. The lowest BCUT2D eigenvalue weighted by Gasteiger charge is -2.10.